The van der Waals surface area contributed by atoms with Crippen molar-refractivity contribution in [3.8, 4) is 5.69 Å². The molecule has 8 nitrogen and oxygen atoms in total. The number of aromatic nitrogens is 3. The van der Waals surface area contributed by atoms with Crippen LogP contribution in [0.4, 0.5) is 5.82 Å². The highest BCUT2D eigenvalue weighted by atomic mass is 32.2. The maximum absolute atomic E-state index is 12.5. The van der Waals surface area contributed by atoms with E-state index in [0.29, 0.717) is 18.9 Å². The number of benzene rings is 1. The van der Waals surface area contributed by atoms with Gasteiger partial charge in [0.05, 0.1) is 23.3 Å². The van der Waals surface area contributed by atoms with Crippen LogP contribution in [-0.2, 0) is 10.0 Å². The Hall–Kier alpha value is -3.04. The zero-order chi connectivity index (χ0) is 21.7. The standard InChI is InChI=1S/C21H26N6O2S/c1-5-26(6-2)30(28,29)19-12-13-21(22-14-19)24-23-15-20-16(3)25-27(17(20)4)18-10-8-7-9-11-18/h7-15H,5-6H2,1-4H3,(H,22,24). The maximum atomic E-state index is 12.5. The monoisotopic (exact) mass is 426 g/mol. The first-order valence-corrected chi connectivity index (χ1v) is 11.2. The van der Waals surface area contributed by atoms with Crippen LogP contribution in [0.3, 0.4) is 0 Å². The van der Waals surface area contributed by atoms with Crippen molar-refractivity contribution < 1.29 is 8.42 Å². The first kappa shape index (κ1) is 21.7. The highest BCUT2D eigenvalue weighted by Gasteiger charge is 2.21. The number of hydrazone groups is 1. The SMILES string of the molecule is CCN(CC)S(=O)(=O)c1ccc(NN=Cc2c(C)nn(-c3ccccc3)c2C)nc1. The van der Waals surface area contributed by atoms with Crippen molar-refractivity contribution in [2.75, 3.05) is 18.5 Å². The molecule has 158 valence electrons. The number of para-hydroxylation sites is 1. The minimum Gasteiger partial charge on any atom is -0.261 e. The molecule has 1 aromatic carbocycles. The fraction of sp³-hybridized carbons (Fsp3) is 0.286. The smallest absolute Gasteiger partial charge is 0.244 e. The van der Waals surface area contributed by atoms with Gasteiger partial charge in [0.25, 0.3) is 0 Å². The maximum Gasteiger partial charge on any atom is 0.244 e. The minimum atomic E-state index is -3.52. The van der Waals surface area contributed by atoms with Crippen molar-refractivity contribution in [1.82, 2.24) is 19.1 Å². The molecular formula is C21H26N6O2S. The van der Waals surface area contributed by atoms with Gasteiger partial charge in [-0.25, -0.2) is 18.1 Å². The van der Waals surface area contributed by atoms with E-state index in [4.69, 9.17) is 0 Å². The van der Waals surface area contributed by atoms with Crippen molar-refractivity contribution in [3.63, 3.8) is 0 Å². The highest BCUT2D eigenvalue weighted by Crippen LogP contribution is 2.17. The van der Waals surface area contributed by atoms with Gasteiger partial charge in [0.15, 0.2) is 0 Å². The molecule has 0 bridgehead atoms. The second-order valence-electron chi connectivity index (χ2n) is 6.67. The topological polar surface area (TPSA) is 92.5 Å². The average Bonchev–Trinajstić information content (AvgIpc) is 3.04. The molecule has 3 rings (SSSR count). The predicted octanol–water partition coefficient (Wildman–Crippen LogP) is 3.36. The highest BCUT2D eigenvalue weighted by molar-refractivity contribution is 7.89. The van der Waals surface area contributed by atoms with Crippen LogP contribution in [0, 0.1) is 13.8 Å². The fourth-order valence-electron chi connectivity index (χ4n) is 3.14. The van der Waals surface area contributed by atoms with E-state index in [1.54, 1.807) is 12.3 Å². The number of sulfonamides is 1. The van der Waals surface area contributed by atoms with Gasteiger partial charge < -0.3 is 0 Å². The van der Waals surface area contributed by atoms with E-state index in [2.05, 4.69) is 20.6 Å². The summed E-state index contributed by atoms with van der Waals surface area (Å²) in [6.45, 7) is 8.36. The zero-order valence-corrected chi connectivity index (χ0v) is 18.4. The van der Waals surface area contributed by atoms with Gasteiger partial charge in [-0.3, -0.25) is 5.43 Å². The average molecular weight is 427 g/mol. The first-order valence-electron chi connectivity index (χ1n) is 9.75. The van der Waals surface area contributed by atoms with Gasteiger partial charge in [0, 0.05) is 24.8 Å². The van der Waals surface area contributed by atoms with E-state index >= 15 is 0 Å². The van der Waals surface area contributed by atoms with Crippen molar-refractivity contribution in [2.45, 2.75) is 32.6 Å². The minimum absolute atomic E-state index is 0.163. The summed E-state index contributed by atoms with van der Waals surface area (Å²) in [7, 11) is -3.52. The van der Waals surface area contributed by atoms with Crippen LogP contribution in [0.25, 0.3) is 5.69 Å². The summed E-state index contributed by atoms with van der Waals surface area (Å²) in [5, 5.41) is 8.84. The Bertz CT molecular complexity index is 1120. The van der Waals surface area contributed by atoms with E-state index in [-0.39, 0.29) is 4.90 Å². The molecule has 0 aliphatic heterocycles. The number of nitrogens with one attached hydrogen (secondary N) is 1. The number of nitrogens with zero attached hydrogens (tertiary/aromatic N) is 5. The van der Waals surface area contributed by atoms with Crippen molar-refractivity contribution >= 4 is 22.1 Å². The normalized spacial score (nSPS) is 12.0. The molecule has 0 radical (unpaired) electrons. The Labute approximate surface area is 177 Å². The van der Waals surface area contributed by atoms with Crippen molar-refractivity contribution in [1.29, 1.82) is 0 Å². The van der Waals surface area contributed by atoms with Crippen LogP contribution >= 0.6 is 0 Å². The number of pyridine rings is 1. The van der Waals surface area contributed by atoms with Gasteiger partial charge in [0.1, 0.15) is 10.7 Å². The molecule has 0 amide bonds. The lowest BCUT2D eigenvalue weighted by Gasteiger charge is -2.18. The summed E-state index contributed by atoms with van der Waals surface area (Å²) in [5.74, 6) is 0.454. The van der Waals surface area contributed by atoms with E-state index in [1.807, 2.05) is 62.7 Å². The molecule has 0 fully saturated rings. The Kier molecular flexibility index (Phi) is 6.63. The predicted molar refractivity (Wildman–Crippen MR) is 119 cm³/mol. The molecule has 0 atom stereocenters. The van der Waals surface area contributed by atoms with Crippen LogP contribution in [0.2, 0.25) is 0 Å². The molecular weight excluding hydrogens is 400 g/mol. The second kappa shape index (κ2) is 9.19. The molecule has 0 saturated carbocycles. The van der Waals surface area contributed by atoms with Crippen LogP contribution < -0.4 is 5.43 Å². The lowest BCUT2D eigenvalue weighted by molar-refractivity contribution is 0.445. The molecule has 1 N–H and O–H groups in total. The van der Waals surface area contributed by atoms with Crippen LogP contribution in [0.5, 0.6) is 0 Å². The number of aryl methyl sites for hydroxylation is 1. The quantitative estimate of drug-likeness (QED) is 0.440. The van der Waals surface area contributed by atoms with Gasteiger partial charge >= 0.3 is 0 Å². The zero-order valence-electron chi connectivity index (χ0n) is 17.6. The Morgan fingerprint density at radius 1 is 1.10 bits per heavy atom. The lowest BCUT2D eigenvalue weighted by atomic mass is 10.2. The van der Waals surface area contributed by atoms with E-state index in [9.17, 15) is 8.42 Å². The van der Waals surface area contributed by atoms with Crippen molar-refractivity contribution in [2.24, 2.45) is 5.10 Å². The van der Waals surface area contributed by atoms with Crippen LogP contribution in [0.1, 0.15) is 30.8 Å². The molecule has 0 saturated heterocycles. The van der Waals surface area contributed by atoms with Gasteiger partial charge in [-0.2, -0.15) is 14.5 Å². The summed E-state index contributed by atoms with van der Waals surface area (Å²) >= 11 is 0. The Morgan fingerprint density at radius 3 is 2.40 bits per heavy atom. The third kappa shape index (κ3) is 4.42. The molecule has 0 aliphatic carbocycles. The van der Waals surface area contributed by atoms with Gasteiger partial charge in [0.2, 0.25) is 10.0 Å². The van der Waals surface area contributed by atoms with Gasteiger partial charge in [-0.1, -0.05) is 32.0 Å². The summed E-state index contributed by atoms with van der Waals surface area (Å²) in [4.78, 5) is 4.34. The largest absolute Gasteiger partial charge is 0.261 e. The number of hydrogen-bond acceptors (Lipinski definition) is 6. The molecule has 2 heterocycles. The van der Waals surface area contributed by atoms with Crippen molar-refractivity contribution in [3.05, 3.63) is 65.6 Å². The molecule has 0 aliphatic rings. The third-order valence-electron chi connectivity index (χ3n) is 4.80. The molecule has 0 unspecified atom stereocenters. The second-order valence-corrected chi connectivity index (χ2v) is 8.61. The third-order valence-corrected chi connectivity index (χ3v) is 6.83. The van der Waals surface area contributed by atoms with Crippen LogP contribution in [-0.4, -0.2) is 46.8 Å². The summed E-state index contributed by atoms with van der Waals surface area (Å²) < 4.78 is 28.3. The van der Waals surface area contributed by atoms with E-state index < -0.39 is 10.0 Å². The molecule has 0 spiro atoms. The Balaban J connectivity index is 1.74. The fourth-order valence-corrected chi connectivity index (χ4v) is 4.54. The van der Waals surface area contributed by atoms with E-state index in [0.717, 1.165) is 22.6 Å². The molecule has 30 heavy (non-hydrogen) atoms. The van der Waals surface area contributed by atoms with Crippen LogP contribution in [0.15, 0.2) is 58.7 Å². The number of hydrogen-bond donors (Lipinski definition) is 1. The lowest BCUT2D eigenvalue weighted by Crippen LogP contribution is -2.30. The number of anilines is 1. The molecule has 2 aromatic heterocycles. The molecule has 3 aromatic rings. The molecule has 9 heteroatoms. The first-order chi connectivity index (χ1) is 14.4. The number of rotatable bonds is 8. The Morgan fingerprint density at radius 2 is 1.80 bits per heavy atom. The van der Waals surface area contributed by atoms with E-state index in [1.165, 1.54) is 16.6 Å². The summed E-state index contributed by atoms with van der Waals surface area (Å²) in [5.41, 5.74) is 6.57. The van der Waals surface area contributed by atoms with Gasteiger partial charge in [-0.05, 0) is 38.1 Å². The van der Waals surface area contributed by atoms with Gasteiger partial charge in [-0.15, -0.1) is 0 Å². The summed E-state index contributed by atoms with van der Waals surface area (Å²) in [6, 6.07) is 13.0. The summed E-state index contributed by atoms with van der Waals surface area (Å²) in [6.07, 6.45) is 3.04.